The van der Waals surface area contributed by atoms with Gasteiger partial charge in [0.25, 0.3) is 5.69 Å². The molecule has 0 atom stereocenters. The highest BCUT2D eigenvalue weighted by Crippen LogP contribution is 2.23. The largest absolute Gasteiger partial charge is 0.393 e. The van der Waals surface area contributed by atoms with Crippen LogP contribution in [-0.2, 0) is 11.2 Å². The van der Waals surface area contributed by atoms with E-state index in [-0.39, 0.29) is 35.2 Å². The maximum absolute atomic E-state index is 12.0. The third-order valence-electron chi connectivity index (χ3n) is 3.66. The van der Waals surface area contributed by atoms with Gasteiger partial charge in [-0.2, -0.15) is 0 Å². The van der Waals surface area contributed by atoms with Gasteiger partial charge in [-0.1, -0.05) is 17.7 Å². The van der Waals surface area contributed by atoms with Crippen LogP contribution in [0.5, 0.6) is 0 Å². The number of nitro groups is 1. The first-order chi connectivity index (χ1) is 9.95. The summed E-state index contributed by atoms with van der Waals surface area (Å²) in [7, 11) is 0. The maximum atomic E-state index is 12.0. The number of hydrogen-bond acceptors (Lipinski definition) is 4. The Bertz CT molecular complexity index is 542. The van der Waals surface area contributed by atoms with Crippen molar-refractivity contribution in [2.75, 3.05) is 0 Å². The highest BCUT2D eigenvalue weighted by atomic mass is 35.5. The highest BCUT2D eigenvalue weighted by Gasteiger charge is 2.21. The third-order valence-corrected chi connectivity index (χ3v) is 4.01. The van der Waals surface area contributed by atoms with Crippen LogP contribution in [0.15, 0.2) is 18.2 Å². The zero-order chi connectivity index (χ0) is 15.4. The zero-order valence-electron chi connectivity index (χ0n) is 11.4. The van der Waals surface area contributed by atoms with Crippen molar-refractivity contribution in [2.24, 2.45) is 0 Å². The lowest BCUT2D eigenvalue weighted by Gasteiger charge is -2.26. The number of rotatable bonds is 4. The van der Waals surface area contributed by atoms with Gasteiger partial charge in [0.2, 0.25) is 5.91 Å². The van der Waals surface area contributed by atoms with Crippen molar-refractivity contribution in [3.63, 3.8) is 0 Å². The van der Waals surface area contributed by atoms with E-state index in [1.54, 1.807) is 0 Å². The Labute approximate surface area is 127 Å². The second-order valence-corrected chi connectivity index (χ2v) is 5.69. The van der Waals surface area contributed by atoms with Gasteiger partial charge in [-0.3, -0.25) is 14.9 Å². The van der Waals surface area contributed by atoms with Gasteiger partial charge < -0.3 is 10.4 Å². The van der Waals surface area contributed by atoms with E-state index in [1.165, 1.54) is 18.2 Å². The SMILES string of the molecule is O=C(Cc1ccc([N+](=O)[O-])cc1Cl)NC1CCC(O)CC1. The fourth-order valence-electron chi connectivity index (χ4n) is 2.46. The highest BCUT2D eigenvalue weighted by molar-refractivity contribution is 6.31. The number of nitrogens with zero attached hydrogens (tertiary/aromatic N) is 1. The summed E-state index contributed by atoms with van der Waals surface area (Å²) in [5.41, 5.74) is 0.473. The Morgan fingerprint density at radius 3 is 2.62 bits per heavy atom. The third kappa shape index (κ3) is 4.41. The number of halogens is 1. The Morgan fingerprint density at radius 2 is 2.05 bits per heavy atom. The van der Waals surface area contributed by atoms with Crippen LogP contribution in [0.4, 0.5) is 5.69 Å². The van der Waals surface area contributed by atoms with Gasteiger partial charge in [-0.25, -0.2) is 0 Å². The molecule has 1 aliphatic rings. The first kappa shape index (κ1) is 15.7. The van der Waals surface area contributed by atoms with E-state index in [1.807, 2.05) is 0 Å². The molecule has 1 amide bonds. The van der Waals surface area contributed by atoms with Crippen LogP contribution in [0.3, 0.4) is 0 Å². The molecule has 0 aliphatic heterocycles. The monoisotopic (exact) mass is 312 g/mol. The molecule has 2 rings (SSSR count). The molecule has 1 fully saturated rings. The Hall–Kier alpha value is -1.66. The molecule has 0 unspecified atom stereocenters. The summed E-state index contributed by atoms with van der Waals surface area (Å²) in [5.74, 6) is -0.160. The maximum Gasteiger partial charge on any atom is 0.270 e. The van der Waals surface area contributed by atoms with Crippen LogP contribution >= 0.6 is 11.6 Å². The Balaban J connectivity index is 1.92. The molecular weight excluding hydrogens is 296 g/mol. The zero-order valence-corrected chi connectivity index (χ0v) is 12.2. The number of hydrogen-bond donors (Lipinski definition) is 2. The number of benzene rings is 1. The predicted molar refractivity (Wildman–Crippen MR) is 78.2 cm³/mol. The predicted octanol–water partition coefficient (Wildman–Crippen LogP) is 2.21. The lowest BCUT2D eigenvalue weighted by atomic mass is 9.93. The average Bonchev–Trinajstić information content (AvgIpc) is 2.43. The van der Waals surface area contributed by atoms with Gasteiger partial charge in [0.15, 0.2) is 0 Å². The molecule has 1 saturated carbocycles. The number of aliphatic hydroxyl groups is 1. The topological polar surface area (TPSA) is 92.5 Å². The van der Waals surface area contributed by atoms with Gasteiger partial charge in [0.05, 0.1) is 22.5 Å². The molecule has 0 saturated heterocycles. The lowest BCUT2D eigenvalue weighted by Crippen LogP contribution is -2.39. The summed E-state index contributed by atoms with van der Waals surface area (Å²) in [6.07, 6.45) is 2.76. The van der Waals surface area contributed by atoms with Crippen molar-refractivity contribution >= 4 is 23.2 Å². The quantitative estimate of drug-likeness (QED) is 0.658. The Kier molecular flexibility index (Phi) is 5.14. The molecule has 0 heterocycles. The van der Waals surface area contributed by atoms with E-state index in [4.69, 9.17) is 11.6 Å². The second-order valence-electron chi connectivity index (χ2n) is 5.28. The summed E-state index contributed by atoms with van der Waals surface area (Å²) < 4.78 is 0. The van der Waals surface area contributed by atoms with Gasteiger partial charge in [0.1, 0.15) is 0 Å². The van der Waals surface area contributed by atoms with Crippen molar-refractivity contribution in [1.82, 2.24) is 5.32 Å². The van der Waals surface area contributed by atoms with Crippen LogP contribution in [0.2, 0.25) is 5.02 Å². The van der Waals surface area contributed by atoms with E-state index in [0.717, 1.165) is 12.8 Å². The molecule has 1 aromatic rings. The van der Waals surface area contributed by atoms with Crippen LogP contribution in [0, 0.1) is 10.1 Å². The molecular formula is C14H17ClN2O4. The molecule has 0 radical (unpaired) electrons. The van der Waals surface area contributed by atoms with E-state index in [9.17, 15) is 20.0 Å². The van der Waals surface area contributed by atoms with E-state index in [0.29, 0.717) is 18.4 Å². The van der Waals surface area contributed by atoms with Crippen molar-refractivity contribution in [3.05, 3.63) is 38.9 Å². The molecule has 0 bridgehead atoms. The first-order valence-corrected chi connectivity index (χ1v) is 7.23. The number of nitro benzene ring substituents is 1. The number of carbonyl (C=O) groups is 1. The molecule has 7 heteroatoms. The summed E-state index contributed by atoms with van der Waals surface area (Å²) in [6, 6.07) is 4.18. The lowest BCUT2D eigenvalue weighted by molar-refractivity contribution is -0.384. The number of non-ortho nitro benzene ring substituents is 1. The summed E-state index contributed by atoms with van der Waals surface area (Å²) in [4.78, 5) is 22.1. The number of nitrogens with one attached hydrogen (secondary N) is 1. The number of amides is 1. The summed E-state index contributed by atoms with van der Waals surface area (Å²) >= 11 is 5.96. The molecule has 0 spiro atoms. The first-order valence-electron chi connectivity index (χ1n) is 6.86. The van der Waals surface area contributed by atoms with E-state index < -0.39 is 4.92 Å². The van der Waals surface area contributed by atoms with Gasteiger partial charge >= 0.3 is 0 Å². The summed E-state index contributed by atoms with van der Waals surface area (Å²) in [6.45, 7) is 0. The van der Waals surface area contributed by atoms with Crippen molar-refractivity contribution in [2.45, 2.75) is 44.2 Å². The van der Waals surface area contributed by atoms with Crippen molar-refractivity contribution in [3.8, 4) is 0 Å². The van der Waals surface area contributed by atoms with Crippen LogP contribution in [-0.4, -0.2) is 28.1 Å². The van der Waals surface area contributed by atoms with Crippen LogP contribution in [0.1, 0.15) is 31.2 Å². The molecule has 1 aliphatic carbocycles. The van der Waals surface area contributed by atoms with Gasteiger partial charge in [0, 0.05) is 18.2 Å². The van der Waals surface area contributed by atoms with E-state index >= 15 is 0 Å². The normalized spacial score (nSPS) is 21.8. The van der Waals surface area contributed by atoms with Crippen LogP contribution < -0.4 is 5.32 Å². The standard InChI is InChI=1S/C14H17ClN2O4/c15-13-8-11(17(20)21)4-1-9(13)7-14(19)16-10-2-5-12(18)6-3-10/h1,4,8,10,12,18H,2-3,5-7H2,(H,16,19). The summed E-state index contributed by atoms with van der Waals surface area (Å²) in [5, 5.41) is 23.2. The smallest absolute Gasteiger partial charge is 0.270 e. The van der Waals surface area contributed by atoms with Crippen molar-refractivity contribution < 1.29 is 14.8 Å². The molecule has 21 heavy (non-hydrogen) atoms. The van der Waals surface area contributed by atoms with Crippen LogP contribution in [0.25, 0.3) is 0 Å². The molecule has 6 nitrogen and oxygen atoms in total. The minimum atomic E-state index is -0.525. The number of aliphatic hydroxyl groups excluding tert-OH is 1. The average molecular weight is 313 g/mol. The van der Waals surface area contributed by atoms with Crippen molar-refractivity contribution in [1.29, 1.82) is 0 Å². The molecule has 2 N–H and O–H groups in total. The van der Waals surface area contributed by atoms with Gasteiger partial charge in [-0.05, 0) is 31.2 Å². The molecule has 0 aromatic heterocycles. The fraction of sp³-hybridized carbons (Fsp3) is 0.500. The Morgan fingerprint density at radius 1 is 1.38 bits per heavy atom. The number of carbonyl (C=O) groups excluding carboxylic acids is 1. The molecule has 114 valence electrons. The minimum absolute atomic E-state index is 0.0812. The minimum Gasteiger partial charge on any atom is -0.393 e. The second kappa shape index (κ2) is 6.87. The van der Waals surface area contributed by atoms with Gasteiger partial charge in [-0.15, -0.1) is 0 Å². The molecule has 1 aromatic carbocycles. The van der Waals surface area contributed by atoms with E-state index in [2.05, 4.69) is 5.32 Å². The fourth-order valence-corrected chi connectivity index (χ4v) is 2.71.